The average Bonchev–Trinajstić information content (AvgIpc) is 2.44. The van der Waals surface area contributed by atoms with E-state index in [1.807, 2.05) is 37.1 Å². The normalized spacial score (nSPS) is 17.8. The van der Waals surface area contributed by atoms with E-state index in [2.05, 4.69) is 34.0 Å². The highest BCUT2D eigenvalue weighted by Crippen LogP contribution is 2.29. The molecule has 0 bridgehead atoms. The molecule has 4 nitrogen and oxygen atoms in total. The number of aromatic nitrogens is 1. The van der Waals surface area contributed by atoms with Crippen LogP contribution in [-0.2, 0) is 6.42 Å². The van der Waals surface area contributed by atoms with Crippen LogP contribution in [0.25, 0.3) is 0 Å². The Morgan fingerprint density at radius 2 is 2.27 bits per heavy atom. The van der Waals surface area contributed by atoms with Gasteiger partial charge in [0.1, 0.15) is 5.15 Å². The summed E-state index contributed by atoms with van der Waals surface area (Å²) in [6.45, 7) is 7.50. The van der Waals surface area contributed by atoms with Gasteiger partial charge in [-0.05, 0) is 31.9 Å². The van der Waals surface area contributed by atoms with E-state index in [0.29, 0.717) is 5.15 Å². The Morgan fingerprint density at radius 3 is 2.86 bits per heavy atom. The molecular weight excluding hydrogens is 431 g/mol. The van der Waals surface area contributed by atoms with Gasteiger partial charge in [0.25, 0.3) is 0 Å². The van der Waals surface area contributed by atoms with E-state index >= 15 is 0 Å². The molecule has 0 aliphatic carbocycles. The molecule has 1 N–H and O–H groups in total. The standard InChI is InChI=1S/C15H23ClN4S.HI/c1-15(2)11-20(8-9-21-15)14(17-3)18-7-6-12-4-5-13(16)19-10-12;/h4-5,10H,6-9,11H2,1-3H3,(H,17,18);1H. The van der Waals surface area contributed by atoms with Gasteiger partial charge in [0.05, 0.1) is 0 Å². The average molecular weight is 455 g/mol. The Hall–Kier alpha value is -0.210. The molecule has 0 saturated carbocycles. The van der Waals surface area contributed by atoms with E-state index in [9.17, 15) is 0 Å². The Kier molecular flexibility index (Phi) is 8.27. The zero-order valence-electron chi connectivity index (χ0n) is 13.3. The van der Waals surface area contributed by atoms with Crippen LogP contribution in [0.5, 0.6) is 0 Å². The largest absolute Gasteiger partial charge is 0.356 e. The van der Waals surface area contributed by atoms with Crippen LogP contribution in [0.3, 0.4) is 0 Å². The molecule has 1 aliphatic rings. The molecule has 1 saturated heterocycles. The summed E-state index contributed by atoms with van der Waals surface area (Å²) in [6.07, 6.45) is 2.74. The van der Waals surface area contributed by atoms with Crippen LogP contribution in [-0.4, -0.2) is 53.0 Å². The number of thioether (sulfide) groups is 1. The molecule has 1 aromatic heterocycles. The van der Waals surface area contributed by atoms with E-state index in [1.54, 1.807) is 0 Å². The van der Waals surface area contributed by atoms with Crippen molar-refractivity contribution in [1.82, 2.24) is 15.2 Å². The number of guanidine groups is 1. The Labute approximate surface area is 159 Å². The van der Waals surface area contributed by atoms with E-state index < -0.39 is 0 Å². The molecule has 124 valence electrons. The Morgan fingerprint density at radius 1 is 1.50 bits per heavy atom. The molecule has 22 heavy (non-hydrogen) atoms. The number of hydrogen-bond acceptors (Lipinski definition) is 3. The third-order valence-electron chi connectivity index (χ3n) is 3.42. The number of hydrogen-bond donors (Lipinski definition) is 1. The zero-order valence-corrected chi connectivity index (χ0v) is 17.2. The van der Waals surface area contributed by atoms with Crippen molar-refractivity contribution < 1.29 is 0 Å². The molecule has 2 heterocycles. The number of aliphatic imine (C=N–C) groups is 1. The minimum atomic E-state index is 0. The van der Waals surface area contributed by atoms with Crippen LogP contribution in [0.2, 0.25) is 5.15 Å². The minimum absolute atomic E-state index is 0. The third kappa shape index (κ3) is 6.12. The monoisotopic (exact) mass is 454 g/mol. The minimum Gasteiger partial charge on any atom is -0.356 e. The first-order valence-corrected chi connectivity index (χ1v) is 8.56. The second kappa shape index (κ2) is 9.17. The lowest BCUT2D eigenvalue weighted by atomic mass is 10.2. The molecule has 1 fully saturated rings. The molecule has 0 radical (unpaired) electrons. The number of rotatable bonds is 3. The Bertz CT molecular complexity index is 493. The maximum absolute atomic E-state index is 5.79. The van der Waals surface area contributed by atoms with Crippen LogP contribution in [0.1, 0.15) is 19.4 Å². The fraction of sp³-hybridized carbons (Fsp3) is 0.600. The molecule has 0 amide bonds. The van der Waals surface area contributed by atoms with Crippen molar-refractivity contribution >= 4 is 53.3 Å². The van der Waals surface area contributed by atoms with Gasteiger partial charge in [0.15, 0.2) is 5.96 Å². The SMILES string of the molecule is CN=C(NCCc1ccc(Cl)nc1)N1CCSC(C)(C)C1.I. The summed E-state index contributed by atoms with van der Waals surface area (Å²) in [7, 11) is 1.85. The van der Waals surface area contributed by atoms with E-state index in [-0.39, 0.29) is 28.7 Å². The predicted octanol–water partition coefficient (Wildman–Crippen LogP) is 3.30. The van der Waals surface area contributed by atoms with E-state index in [0.717, 1.165) is 37.8 Å². The summed E-state index contributed by atoms with van der Waals surface area (Å²) in [6, 6.07) is 3.84. The fourth-order valence-electron chi connectivity index (χ4n) is 2.40. The molecule has 0 spiro atoms. The number of nitrogens with zero attached hydrogens (tertiary/aromatic N) is 3. The predicted molar refractivity (Wildman–Crippen MR) is 108 cm³/mol. The molecule has 0 unspecified atom stereocenters. The van der Waals surface area contributed by atoms with E-state index in [1.165, 1.54) is 5.56 Å². The van der Waals surface area contributed by atoms with Crippen LogP contribution in [0.15, 0.2) is 23.3 Å². The molecule has 1 aliphatic heterocycles. The van der Waals surface area contributed by atoms with Gasteiger partial charge in [-0.2, -0.15) is 11.8 Å². The van der Waals surface area contributed by atoms with Gasteiger partial charge >= 0.3 is 0 Å². The van der Waals surface area contributed by atoms with Gasteiger partial charge in [0, 0.05) is 43.4 Å². The van der Waals surface area contributed by atoms with Crippen molar-refractivity contribution in [2.24, 2.45) is 4.99 Å². The van der Waals surface area contributed by atoms with Crippen molar-refractivity contribution in [2.75, 3.05) is 32.4 Å². The first-order valence-electron chi connectivity index (χ1n) is 7.20. The summed E-state index contributed by atoms with van der Waals surface area (Å²) in [5.74, 6) is 2.14. The summed E-state index contributed by atoms with van der Waals surface area (Å²) in [4.78, 5) is 10.9. The zero-order chi connectivity index (χ0) is 15.3. The number of halogens is 2. The van der Waals surface area contributed by atoms with Crippen LogP contribution >= 0.6 is 47.3 Å². The summed E-state index contributed by atoms with van der Waals surface area (Å²) >= 11 is 7.82. The molecule has 0 atom stereocenters. The molecule has 1 aromatic rings. The highest BCUT2D eigenvalue weighted by molar-refractivity contribution is 14.0. The first-order chi connectivity index (χ1) is 10.00. The molecule has 7 heteroatoms. The highest BCUT2D eigenvalue weighted by Gasteiger charge is 2.28. The first kappa shape index (κ1) is 19.8. The third-order valence-corrected chi connectivity index (χ3v) is 4.94. The molecule has 0 aromatic carbocycles. The second-order valence-electron chi connectivity index (χ2n) is 5.74. The van der Waals surface area contributed by atoms with Crippen LogP contribution in [0.4, 0.5) is 0 Å². The van der Waals surface area contributed by atoms with Gasteiger partial charge in [-0.1, -0.05) is 17.7 Å². The maximum atomic E-state index is 5.79. The van der Waals surface area contributed by atoms with Gasteiger partial charge in [-0.25, -0.2) is 4.98 Å². The summed E-state index contributed by atoms with van der Waals surface area (Å²) in [5, 5.41) is 3.98. The number of pyridine rings is 1. The van der Waals surface area contributed by atoms with Gasteiger partial charge < -0.3 is 10.2 Å². The highest BCUT2D eigenvalue weighted by atomic mass is 127. The quantitative estimate of drug-likeness (QED) is 0.329. The van der Waals surface area contributed by atoms with Crippen LogP contribution in [0, 0.1) is 0 Å². The number of nitrogens with one attached hydrogen (secondary N) is 1. The van der Waals surface area contributed by atoms with Gasteiger partial charge in [-0.3, -0.25) is 4.99 Å². The van der Waals surface area contributed by atoms with Crippen molar-refractivity contribution in [3.05, 3.63) is 29.0 Å². The molecule has 2 rings (SSSR count). The lowest BCUT2D eigenvalue weighted by Gasteiger charge is -2.39. The van der Waals surface area contributed by atoms with Crippen molar-refractivity contribution in [1.29, 1.82) is 0 Å². The van der Waals surface area contributed by atoms with Crippen molar-refractivity contribution in [3.8, 4) is 0 Å². The second-order valence-corrected chi connectivity index (χ2v) is 7.93. The van der Waals surface area contributed by atoms with Crippen LogP contribution < -0.4 is 5.32 Å². The summed E-state index contributed by atoms with van der Waals surface area (Å²) < 4.78 is 0.288. The summed E-state index contributed by atoms with van der Waals surface area (Å²) in [5.41, 5.74) is 1.18. The van der Waals surface area contributed by atoms with Gasteiger partial charge in [-0.15, -0.1) is 24.0 Å². The van der Waals surface area contributed by atoms with E-state index in [4.69, 9.17) is 11.6 Å². The van der Waals surface area contributed by atoms with Crippen molar-refractivity contribution in [3.63, 3.8) is 0 Å². The Balaban J connectivity index is 0.00000242. The van der Waals surface area contributed by atoms with Gasteiger partial charge in [0.2, 0.25) is 0 Å². The topological polar surface area (TPSA) is 40.5 Å². The smallest absolute Gasteiger partial charge is 0.193 e. The lowest BCUT2D eigenvalue weighted by molar-refractivity contribution is 0.376. The fourth-order valence-corrected chi connectivity index (χ4v) is 3.63. The maximum Gasteiger partial charge on any atom is 0.193 e. The molecular formula is C15H24ClIN4S. The van der Waals surface area contributed by atoms with Crippen molar-refractivity contribution in [2.45, 2.75) is 25.0 Å². The lowest BCUT2D eigenvalue weighted by Crippen LogP contribution is -2.51.